The van der Waals surface area contributed by atoms with Crippen molar-refractivity contribution >= 4 is 5.91 Å². The van der Waals surface area contributed by atoms with Gasteiger partial charge in [-0.1, -0.05) is 12.1 Å². The van der Waals surface area contributed by atoms with Crippen molar-refractivity contribution in [3.8, 4) is 5.75 Å². The summed E-state index contributed by atoms with van der Waals surface area (Å²) >= 11 is 0. The second kappa shape index (κ2) is 7.59. The van der Waals surface area contributed by atoms with Gasteiger partial charge in [0.25, 0.3) is 5.91 Å². The van der Waals surface area contributed by atoms with Crippen molar-refractivity contribution in [2.75, 3.05) is 19.6 Å². The molecule has 1 saturated heterocycles. The Hall–Kier alpha value is -2.55. The number of nitrogens with one attached hydrogen (secondary N) is 1. The van der Waals surface area contributed by atoms with Gasteiger partial charge < -0.3 is 19.5 Å². The lowest BCUT2D eigenvalue weighted by molar-refractivity contribution is -0.145. The average Bonchev–Trinajstić information content (AvgIpc) is 3.06. The van der Waals surface area contributed by atoms with Gasteiger partial charge in [0.05, 0.1) is 5.56 Å². The summed E-state index contributed by atoms with van der Waals surface area (Å²) in [6, 6.07) is 4.59. The largest absolute Gasteiger partial charge is 0.480 e. The molecule has 3 rings (SSSR count). The molecule has 2 aromatic rings. The number of hydrogen-bond donors (Lipinski definition) is 1. The van der Waals surface area contributed by atoms with Crippen LogP contribution in [0.15, 0.2) is 36.7 Å². The molecule has 2 heterocycles. The van der Waals surface area contributed by atoms with Crippen molar-refractivity contribution in [3.63, 3.8) is 0 Å². The van der Waals surface area contributed by atoms with Crippen molar-refractivity contribution in [2.45, 2.75) is 25.2 Å². The van der Waals surface area contributed by atoms with Crippen molar-refractivity contribution in [1.29, 1.82) is 0 Å². The van der Waals surface area contributed by atoms with Gasteiger partial charge in [0, 0.05) is 39.1 Å². The summed E-state index contributed by atoms with van der Waals surface area (Å²) in [5.74, 6) is -0.0190. The summed E-state index contributed by atoms with van der Waals surface area (Å²) in [6.45, 7) is 3.00. The first-order valence-corrected chi connectivity index (χ1v) is 8.60. The Kier molecular flexibility index (Phi) is 5.41. The van der Waals surface area contributed by atoms with E-state index in [0.717, 1.165) is 6.07 Å². The van der Waals surface area contributed by atoms with Crippen LogP contribution in [0.3, 0.4) is 0 Å². The SMILES string of the molecule is CC(Oc1ccccc1C(F)(F)F)C(=O)N1CCNCC1c1nccn1C. The number of carbonyl (C=O) groups excluding carboxylic acids is 1. The topological polar surface area (TPSA) is 59.4 Å². The van der Waals surface area contributed by atoms with Crippen LogP contribution in [0.4, 0.5) is 13.2 Å². The monoisotopic (exact) mass is 382 g/mol. The first-order valence-electron chi connectivity index (χ1n) is 8.60. The summed E-state index contributed by atoms with van der Waals surface area (Å²) in [7, 11) is 1.83. The second-order valence-electron chi connectivity index (χ2n) is 6.40. The van der Waals surface area contributed by atoms with Gasteiger partial charge in [-0.2, -0.15) is 13.2 Å². The molecule has 9 heteroatoms. The van der Waals surface area contributed by atoms with Gasteiger partial charge in [-0.25, -0.2) is 4.98 Å². The fourth-order valence-electron chi connectivity index (χ4n) is 3.17. The highest BCUT2D eigenvalue weighted by atomic mass is 19.4. The maximum Gasteiger partial charge on any atom is 0.419 e. The second-order valence-corrected chi connectivity index (χ2v) is 6.40. The van der Waals surface area contributed by atoms with E-state index in [1.165, 1.54) is 25.1 Å². The molecule has 2 atom stereocenters. The van der Waals surface area contributed by atoms with Gasteiger partial charge >= 0.3 is 6.18 Å². The van der Waals surface area contributed by atoms with Crippen LogP contribution in [0, 0.1) is 0 Å². The predicted octanol–water partition coefficient (Wildman–Crippen LogP) is 2.38. The zero-order valence-corrected chi connectivity index (χ0v) is 15.0. The molecule has 0 spiro atoms. The van der Waals surface area contributed by atoms with E-state index < -0.39 is 17.8 Å². The highest BCUT2D eigenvalue weighted by Crippen LogP contribution is 2.36. The molecule has 1 fully saturated rings. The Bertz CT molecular complexity index is 806. The number of ether oxygens (including phenoxy) is 1. The molecule has 6 nitrogen and oxygen atoms in total. The van der Waals surface area contributed by atoms with E-state index in [0.29, 0.717) is 25.5 Å². The van der Waals surface area contributed by atoms with Crippen LogP contribution < -0.4 is 10.1 Å². The number of nitrogens with zero attached hydrogens (tertiary/aromatic N) is 3. The van der Waals surface area contributed by atoms with Crippen molar-refractivity contribution < 1.29 is 22.7 Å². The van der Waals surface area contributed by atoms with Gasteiger partial charge in [0.15, 0.2) is 6.10 Å². The molecular weight excluding hydrogens is 361 g/mol. The molecule has 146 valence electrons. The van der Waals surface area contributed by atoms with E-state index >= 15 is 0 Å². The van der Waals surface area contributed by atoms with E-state index in [1.807, 2.05) is 11.6 Å². The molecule has 27 heavy (non-hydrogen) atoms. The number of imidazole rings is 1. The van der Waals surface area contributed by atoms with Gasteiger partial charge in [-0.05, 0) is 19.1 Å². The Morgan fingerprint density at radius 3 is 2.78 bits per heavy atom. The molecule has 1 aromatic carbocycles. The molecule has 2 unspecified atom stereocenters. The minimum absolute atomic E-state index is 0.310. The standard InChI is InChI=1S/C18H21F3N4O2/c1-12(27-15-6-4-3-5-13(15)18(19,20)21)17(26)25-10-7-22-11-14(25)16-23-8-9-24(16)2/h3-6,8-9,12,14,22H,7,10-11H2,1-2H3. The number of para-hydroxylation sites is 1. The molecule has 0 bridgehead atoms. The lowest BCUT2D eigenvalue weighted by Crippen LogP contribution is -2.52. The molecular formula is C18H21F3N4O2. The third-order valence-electron chi connectivity index (χ3n) is 4.53. The summed E-state index contributed by atoms with van der Waals surface area (Å²) < 4.78 is 46.7. The van der Waals surface area contributed by atoms with Crippen molar-refractivity contribution in [3.05, 3.63) is 48.0 Å². The van der Waals surface area contributed by atoms with E-state index in [2.05, 4.69) is 10.3 Å². The van der Waals surface area contributed by atoms with Crippen LogP contribution in [0.5, 0.6) is 5.75 Å². The lowest BCUT2D eigenvalue weighted by atomic mass is 10.1. The Morgan fingerprint density at radius 1 is 1.37 bits per heavy atom. The summed E-state index contributed by atoms with van der Waals surface area (Å²) in [4.78, 5) is 18.8. The zero-order valence-electron chi connectivity index (χ0n) is 15.0. The van der Waals surface area contributed by atoms with Crippen LogP contribution in [-0.4, -0.2) is 46.1 Å². The number of hydrogen-bond acceptors (Lipinski definition) is 4. The van der Waals surface area contributed by atoms with Gasteiger partial charge in [-0.15, -0.1) is 0 Å². The number of amides is 1. The zero-order chi connectivity index (χ0) is 19.6. The van der Waals surface area contributed by atoms with Gasteiger partial charge in [0.2, 0.25) is 0 Å². The summed E-state index contributed by atoms with van der Waals surface area (Å²) in [6.07, 6.45) is -2.18. The molecule has 0 aliphatic carbocycles. The number of benzene rings is 1. The molecule has 1 aliphatic heterocycles. The van der Waals surface area contributed by atoms with Crippen LogP contribution in [0.2, 0.25) is 0 Å². The number of piperazine rings is 1. The minimum Gasteiger partial charge on any atom is -0.480 e. The molecule has 1 N–H and O–H groups in total. The van der Waals surface area contributed by atoms with Crippen LogP contribution in [0.1, 0.15) is 24.4 Å². The third-order valence-corrected chi connectivity index (χ3v) is 4.53. The highest BCUT2D eigenvalue weighted by molar-refractivity contribution is 5.81. The molecule has 1 aliphatic rings. The van der Waals surface area contributed by atoms with Crippen molar-refractivity contribution in [1.82, 2.24) is 19.8 Å². The van der Waals surface area contributed by atoms with Gasteiger partial charge in [-0.3, -0.25) is 4.79 Å². The normalized spacial score (nSPS) is 19.0. The number of carbonyl (C=O) groups is 1. The van der Waals surface area contributed by atoms with E-state index in [1.54, 1.807) is 17.3 Å². The summed E-state index contributed by atoms with van der Waals surface area (Å²) in [5, 5.41) is 3.22. The van der Waals surface area contributed by atoms with Crippen LogP contribution in [0.25, 0.3) is 0 Å². The predicted molar refractivity (Wildman–Crippen MR) is 92.1 cm³/mol. The number of rotatable bonds is 4. The van der Waals surface area contributed by atoms with Gasteiger partial charge in [0.1, 0.15) is 17.6 Å². The lowest BCUT2D eigenvalue weighted by Gasteiger charge is -2.37. The van der Waals surface area contributed by atoms with E-state index in [9.17, 15) is 18.0 Å². The Balaban J connectivity index is 1.80. The first-order chi connectivity index (χ1) is 12.8. The molecule has 1 amide bonds. The fraction of sp³-hybridized carbons (Fsp3) is 0.444. The van der Waals surface area contributed by atoms with Crippen LogP contribution >= 0.6 is 0 Å². The quantitative estimate of drug-likeness (QED) is 0.882. The number of alkyl halides is 3. The Morgan fingerprint density at radius 2 is 2.11 bits per heavy atom. The Labute approximate surface area is 154 Å². The summed E-state index contributed by atoms with van der Waals surface area (Å²) in [5.41, 5.74) is -0.898. The first kappa shape index (κ1) is 19.2. The number of aromatic nitrogens is 2. The highest BCUT2D eigenvalue weighted by Gasteiger charge is 2.37. The average molecular weight is 382 g/mol. The number of aryl methyl sites for hydroxylation is 1. The maximum atomic E-state index is 13.2. The molecule has 0 saturated carbocycles. The minimum atomic E-state index is -4.55. The third kappa shape index (κ3) is 4.08. The van der Waals surface area contributed by atoms with E-state index in [-0.39, 0.29) is 17.7 Å². The number of halogens is 3. The van der Waals surface area contributed by atoms with Crippen LogP contribution in [-0.2, 0) is 18.0 Å². The van der Waals surface area contributed by atoms with E-state index in [4.69, 9.17) is 4.74 Å². The molecule has 0 radical (unpaired) electrons. The fourth-order valence-corrected chi connectivity index (χ4v) is 3.17. The smallest absolute Gasteiger partial charge is 0.419 e. The van der Waals surface area contributed by atoms with Crippen molar-refractivity contribution in [2.24, 2.45) is 7.05 Å². The molecule has 1 aromatic heterocycles. The maximum absolute atomic E-state index is 13.2.